The average molecular weight is 232 g/mol. The molecule has 3 N–H and O–H groups in total. The Morgan fingerprint density at radius 3 is 2.56 bits per heavy atom. The molecule has 1 saturated carbocycles. The van der Waals surface area contributed by atoms with Gasteiger partial charge in [0.1, 0.15) is 6.17 Å². The second kappa shape index (κ2) is 6.03. The van der Waals surface area contributed by atoms with Crippen LogP contribution in [-0.4, -0.2) is 41.9 Å². The van der Waals surface area contributed by atoms with Gasteiger partial charge in [-0.05, 0) is 38.0 Å². The van der Waals surface area contributed by atoms with Gasteiger partial charge < -0.3 is 15.7 Å². The number of likely N-dealkylation sites (N-methyl/N-ethyl adjacent to an activating group) is 1. The molecular weight excluding hydrogens is 211 g/mol. The quantitative estimate of drug-likeness (QED) is 0.777. The molecule has 16 heavy (non-hydrogen) atoms. The number of rotatable bonds is 4. The topological polar surface area (TPSA) is 66.6 Å². The highest BCUT2D eigenvalue weighted by molar-refractivity contribution is 5.64. The Labute approximate surface area is 95.6 Å². The predicted molar refractivity (Wildman–Crippen MR) is 60.1 cm³/mol. The van der Waals surface area contributed by atoms with Crippen LogP contribution in [0.5, 0.6) is 0 Å². The van der Waals surface area contributed by atoms with Crippen molar-refractivity contribution in [2.24, 2.45) is 11.7 Å². The van der Waals surface area contributed by atoms with Crippen LogP contribution < -0.4 is 5.73 Å². The van der Waals surface area contributed by atoms with Crippen LogP contribution in [0.4, 0.5) is 9.18 Å². The standard InChI is InChI=1S/C11H21FN2O2/c1-14(11(15)16)7-10(13)6-8-2-4-9(12)5-3-8/h8-10H,2-7,13H2,1H3,(H,15,16)/t8?,9?,10-/m0/s1. The highest BCUT2D eigenvalue weighted by Gasteiger charge is 2.23. The van der Waals surface area contributed by atoms with Gasteiger partial charge in [-0.25, -0.2) is 9.18 Å². The smallest absolute Gasteiger partial charge is 0.407 e. The van der Waals surface area contributed by atoms with E-state index in [1.807, 2.05) is 0 Å². The molecule has 5 heteroatoms. The van der Waals surface area contributed by atoms with E-state index in [1.165, 1.54) is 11.9 Å². The van der Waals surface area contributed by atoms with Crippen molar-refractivity contribution in [1.82, 2.24) is 4.90 Å². The van der Waals surface area contributed by atoms with Gasteiger partial charge in [-0.15, -0.1) is 0 Å². The minimum absolute atomic E-state index is 0.137. The summed E-state index contributed by atoms with van der Waals surface area (Å²) >= 11 is 0. The lowest BCUT2D eigenvalue weighted by Gasteiger charge is -2.27. The first kappa shape index (κ1) is 13.2. The van der Waals surface area contributed by atoms with Gasteiger partial charge in [-0.2, -0.15) is 0 Å². The molecule has 1 amide bonds. The number of carbonyl (C=O) groups is 1. The molecule has 0 heterocycles. The zero-order valence-corrected chi connectivity index (χ0v) is 9.73. The second-order valence-corrected chi connectivity index (χ2v) is 4.78. The molecule has 0 saturated heterocycles. The summed E-state index contributed by atoms with van der Waals surface area (Å²) in [6.07, 6.45) is 2.22. The first-order valence-corrected chi connectivity index (χ1v) is 5.82. The summed E-state index contributed by atoms with van der Waals surface area (Å²) in [5, 5.41) is 8.69. The van der Waals surface area contributed by atoms with Crippen molar-refractivity contribution in [2.45, 2.75) is 44.3 Å². The van der Waals surface area contributed by atoms with Crippen molar-refractivity contribution in [3.05, 3.63) is 0 Å². The molecule has 94 valence electrons. The molecule has 4 nitrogen and oxygen atoms in total. The van der Waals surface area contributed by atoms with Gasteiger partial charge in [0.25, 0.3) is 0 Å². The van der Waals surface area contributed by atoms with E-state index in [-0.39, 0.29) is 6.04 Å². The molecule has 1 fully saturated rings. The van der Waals surface area contributed by atoms with Crippen molar-refractivity contribution >= 4 is 6.09 Å². The average Bonchev–Trinajstić information content (AvgIpc) is 2.21. The number of hydrogen-bond donors (Lipinski definition) is 2. The number of hydrogen-bond acceptors (Lipinski definition) is 2. The summed E-state index contributed by atoms with van der Waals surface area (Å²) in [4.78, 5) is 11.8. The van der Waals surface area contributed by atoms with E-state index in [9.17, 15) is 9.18 Å². The fraction of sp³-hybridized carbons (Fsp3) is 0.909. The third-order valence-electron chi connectivity index (χ3n) is 3.25. The Morgan fingerprint density at radius 2 is 2.06 bits per heavy atom. The van der Waals surface area contributed by atoms with E-state index < -0.39 is 12.3 Å². The third-order valence-corrected chi connectivity index (χ3v) is 3.25. The van der Waals surface area contributed by atoms with Gasteiger partial charge >= 0.3 is 6.09 Å². The molecule has 0 radical (unpaired) electrons. The maximum Gasteiger partial charge on any atom is 0.407 e. The molecule has 0 aromatic heterocycles. The lowest BCUT2D eigenvalue weighted by atomic mass is 9.84. The summed E-state index contributed by atoms with van der Waals surface area (Å²) < 4.78 is 12.9. The molecule has 0 bridgehead atoms. The zero-order valence-electron chi connectivity index (χ0n) is 9.73. The van der Waals surface area contributed by atoms with Crippen LogP contribution in [0.15, 0.2) is 0 Å². The van der Waals surface area contributed by atoms with Crippen molar-refractivity contribution < 1.29 is 14.3 Å². The SMILES string of the molecule is CN(C[C@@H](N)CC1CCC(F)CC1)C(=O)O. The summed E-state index contributed by atoms with van der Waals surface area (Å²) in [7, 11) is 1.51. The van der Waals surface area contributed by atoms with Gasteiger partial charge in [0, 0.05) is 19.6 Å². The van der Waals surface area contributed by atoms with Crippen LogP contribution in [0.2, 0.25) is 0 Å². The minimum atomic E-state index is -0.956. The van der Waals surface area contributed by atoms with Gasteiger partial charge in [-0.1, -0.05) is 0 Å². The Hall–Kier alpha value is -0.840. The Bertz CT molecular complexity index is 230. The number of nitrogens with zero attached hydrogens (tertiary/aromatic N) is 1. The molecule has 1 rings (SSSR count). The van der Waals surface area contributed by atoms with Crippen LogP contribution >= 0.6 is 0 Å². The maximum absolute atomic E-state index is 12.9. The minimum Gasteiger partial charge on any atom is -0.465 e. The predicted octanol–water partition coefficient (Wildman–Crippen LogP) is 1.84. The van der Waals surface area contributed by atoms with E-state index >= 15 is 0 Å². The fourth-order valence-electron chi connectivity index (χ4n) is 2.29. The first-order valence-electron chi connectivity index (χ1n) is 5.82. The van der Waals surface area contributed by atoms with Crippen LogP contribution in [0.25, 0.3) is 0 Å². The molecule has 1 atom stereocenters. The van der Waals surface area contributed by atoms with E-state index in [2.05, 4.69) is 0 Å². The van der Waals surface area contributed by atoms with Crippen molar-refractivity contribution in [3.8, 4) is 0 Å². The van der Waals surface area contributed by atoms with Crippen LogP contribution in [0.3, 0.4) is 0 Å². The lowest BCUT2D eigenvalue weighted by Crippen LogP contribution is -2.39. The number of amides is 1. The van der Waals surface area contributed by atoms with Gasteiger partial charge in [-0.3, -0.25) is 0 Å². The van der Waals surface area contributed by atoms with Crippen LogP contribution in [0.1, 0.15) is 32.1 Å². The molecule has 1 aliphatic rings. The highest BCUT2D eigenvalue weighted by Crippen LogP contribution is 2.29. The first-order chi connectivity index (χ1) is 7.49. The maximum atomic E-state index is 12.9. The van der Waals surface area contributed by atoms with Crippen molar-refractivity contribution in [1.29, 1.82) is 0 Å². The molecule has 1 aliphatic carbocycles. The second-order valence-electron chi connectivity index (χ2n) is 4.78. The van der Waals surface area contributed by atoms with E-state index in [1.54, 1.807) is 0 Å². The molecule has 0 aromatic carbocycles. The monoisotopic (exact) mass is 232 g/mol. The molecule has 0 spiro atoms. The highest BCUT2D eigenvalue weighted by atomic mass is 19.1. The largest absolute Gasteiger partial charge is 0.465 e. The molecule has 0 aliphatic heterocycles. The Kier molecular flexibility index (Phi) is 4.99. The van der Waals surface area contributed by atoms with Gasteiger partial charge in [0.2, 0.25) is 0 Å². The molecule has 0 aromatic rings. The number of nitrogens with two attached hydrogens (primary N) is 1. The summed E-state index contributed by atoms with van der Waals surface area (Å²) in [6.45, 7) is 0.352. The van der Waals surface area contributed by atoms with Gasteiger partial charge in [0.15, 0.2) is 0 Å². The van der Waals surface area contributed by atoms with Crippen LogP contribution in [-0.2, 0) is 0 Å². The number of alkyl halides is 1. The third kappa shape index (κ3) is 4.35. The Balaban J connectivity index is 2.23. The van der Waals surface area contributed by atoms with E-state index in [4.69, 9.17) is 10.8 Å². The summed E-state index contributed by atoms with van der Waals surface area (Å²) in [6, 6.07) is -0.137. The normalized spacial score (nSPS) is 27.4. The van der Waals surface area contributed by atoms with Gasteiger partial charge in [0.05, 0.1) is 0 Å². The molecule has 0 unspecified atom stereocenters. The summed E-state index contributed by atoms with van der Waals surface area (Å²) in [5.41, 5.74) is 5.88. The fourth-order valence-corrected chi connectivity index (χ4v) is 2.29. The van der Waals surface area contributed by atoms with Crippen molar-refractivity contribution in [3.63, 3.8) is 0 Å². The van der Waals surface area contributed by atoms with Crippen molar-refractivity contribution in [2.75, 3.05) is 13.6 Å². The number of carboxylic acid groups (broad SMARTS) is 1. The zero-order chi connectivity index (χ0) is 12.1. The summed E-state index contributed by atoms with van der Waals surface area (Å²) in [5.74, 6) is 0.462. The van der Waals surface area contributed by atoms with Crippen LogP contribution in [0, 0.1) is 5.92 Å². The van der Waals surface area contributed by atoms with E-state index in [0.29, 0.717) is 25.3 Å². The number of halogens is 1. The Morgan fingerprint density at radius 1 is 1.50 bits per heavy atom. The van der Waals surface area contributed by atoms with E-state index in [0.717, 1.165) is 19.3 Å². The lowest BCUT2D eigenvalue weighted by molar-refractivity contribution is 0.148. The molecular formula is C11H21FN2O2.